The van der Waals surface area contributed by atoms with Gasteiger partial charge < -0.3 is 4.42 Å². The molecule has 2 rings (SSSR count). The molecule has 2 aromatic rings. The van der Waals surface area contributed by atoms with Crippen molar-refractivity contribution < 1.29 is 9.21 Å². The second-order valence-electron chi connectivity index (χ2n) is 3.93. The molecule has 1 heterocycles. The van der Waals surface area contributed by atoms with Gasteiger partial charge in [0, 0.05) is 5.57 Å². The van der Waals surface area contributed by atoms with Gasteiger partial charge in [0.05, 0.1) is 6.20 Å². The molecule has 18 heavy (non-hydrogen) atoms. The number of carbonyl (C=O) groups is 1. The Balaban J connectivity index is 1.99. The number of allylic oxidation sites excluding steroid dienone is 1. The van der Waals surface area contributed by atoms with Gasteiger partial charge in [-0.25, -0.2) is 9.36 Å². The highest BCUT2D eigenvalue weighted by Crippen LogP contribution is 2.09. The SMILES string of the molecule is C=C(CCc1ccccc1)C(=O)n1ccoc1=O. The topological polar surface area (TPSA) is 52.2 Å². The Morgan fingerprint density at radius 3 is 2.61 bits per heavy atom. The maximum absolute atomic E-state index is 11.9. The number of rotatable bonds is 4. The number of hydrogen-bond acceptors (Lipinski definition) is 3. The summed E-state index contributed by atoms with van der Waals surface area (Å²) >= 11 is 0. The highest BCUT2D eigenvalue weighted by molar-refractivity contribution is 5.94. The fraction of sp³-hybridized carbons (Fsp3) is 0.143. The van der Waals surface area contributed by atoms with Crippen LogP contribution in [-0.2, 0) is 6.42 Å². The van der Waals surface area contributed by atoms with Gasteiger partial charge >= 0.3 is 5.76 Å². The van der Waals surface area contributed by atoms with E-state index in [9.17, 15) is 9.59 Å². The van der Waals surface area contributed by atoms with Gasteiger partial charge in [-0.1, -0.05) is 36.9 Å². The lowest BCUT2D eigenvalue weighted by molar-refractivity contribution is 0.0943. The molecular weight excluding hydrogens is 230 g/mol. The summed E-state index contributed by atoms with van der Waals surface area (Å²) in [5, 5.41) is 0. The summed E-state index contributed by atoms with van der Waals surface area (Å²) in [6.07, 6.45) is 3.72. The highest BCUT2D eigenvalue weighted by Gasteiger charge is 2.12. The largest absolute Gasteiger partial charge is 0.426 e. The Labute approximate surface area is 104 Å². The number of carbonyl (C=O) groups excluding carboxylic acids is 1. The lowest BCUT2D eigenvalue weighted by Crippen LogP contribution is -2.23. The van der Waals surface area contributed by atoms with Gasteiger partial charge in [0.25, 0.3) is 5.91 Å². The average molecular weight is 243 g/mol. The van der Waals surface area contributed by atoms with E-state index in [1.165, 1.54) is 12.5 Å². The smallest absolute Gasteiger partial charge is 0.416 e. The molecule has 0 spiro atoms. The van der Waals surface area contributed by atoms with Crippen molar-refractivity contribution in [2.75, 3.05) is 0 Å². The Kier molecular flexibility index (Phi) is 3.57. The molecular formula is C14H13NO3. The lowest BCUT2D eigenvalue weighted by atomic mass is 10.1. The standard InChI is InChI=1S/C14H13NO3/c1-11(7-8-12-5-3-2-4-6-12)13(16)15-9-10-18-14(15)17/h2-6,9-10H,1,7-8H2. The maximum Gasteiger partial charge on any atom is 0.426 e. The van der Waals surface area contributed by atoms with Crippen LogP contribution in [0.1, 0.15) is 16.8 Å². The minimum Gasteiger partial charge on any atom is -0.416 e. The van der Waals surface area contributed by atoms with Gasteiger partial charge in [0.2, 0.25) is 0 Å². The predicted molar refractivity (Wildman–Crippen MR) is 67.5 cm³/mol. The molecule has 0 amide bonds. The number of aromatic nitrogens is 1. The molecule has 0 radical (unpaired) electrons. The predicted octanol–water partition coefficient (Wildman–Crippen LogP) is 2.27. The quantitative estimate of drug-likeness (QED) is 0.774. The first-order chi connectivity index (χ1) is 8.68. The number of hydrogen-bond donors (Lipinski definition) is 0. The summed E-state index contributed by atoms with van der Waals surface area (Å²) in [5.41, 5.74) is 1.52. The Hall–Kier alpha value is -2.36. The van der Waals surface area contributed by atoms with Crippen molar-refractivity contribution in [3.05, 3.63) is 71.1 Å². The molecule has 1 aromatic carbocycles. The van der Waals surface area contributed by atoms with E-state index in [-0.39, 0.29) is 0 Å². The van der Waals surface area contributed by atoms with E-state index in [0.29, 0.717) is 12.0 Å². The number of aryl methyl sites for hydroxylation is 1. The van der Waals surface area contributed by atoms with Gasteiger partial charge in [-0.3, -0.25) is 4.79 Å². The van der Waals surface area contributed by atoms with E-state index in [4.69, 9.17) is 0 Å². The summed E-state index contributed by atoms with van der Waals surface area (Å²) in [4.78, 5) is 23.0. The first kappa shape index (κ1) is 12.1. The van der Waals surface area contributed by atoms with Crippen molar-refractivity contribution in [1.82, 2.24) is 4.57 Å². The van der Waals surface area contributed by atoms with Crippen molar-refractivity contribution in [1.29, 1.82) is 0 Å². The van der Waals surface area contributed by atoms with Crippen LogP contribution in [-0.4, -0.2) is 10.5 Å². The van der Waals surface area contributed by atoms with Crippen LogP contribution in [0, 0.1) is 0 Å². The number of nitrogens with zero attached hydrogens (tertiary/aromatic N) is 1. The molecule has 0 aliphatic heterocycles. The molecule has 0 saturated carbocycles. The van der Waals surface area contributed by atoms with Crippen molar-refractivity contribution >= 4 is 5.91 Å². The molecule has 0 bridgehead atoms. The molecule has 1 aromatic heterocycles. The van der Waals surface area contributed by atoms with Crippen LogP contribution < -0.4 is 5.76 Å². The molecule has 4 heteroatoms. The number of oxazole rings is 1. The van der Waals surface area contributed by atoms with Gasteiger partial charge in [0.1, 0.15) is 6.26 Å². The van der Waals surface area contributed by atoms with Crippen molar-refractivity contribution in [3.8, 4) is 0 Å². The summed E-state index contributed by atoms with van der Waals surface area (Å²) in [6.45, 7) is 3.72. The van der Waals surface area contributed by atoms with E-state index in [0.717, 1.165) is 16.6 Å². The third-order valence-electron chi connectivity index (χ3n) is 2.66. The summed E-state index contributed by atoms with van der Waals surface area (Å²) in [6, 6.07) is 9.80. The van der Waals surface area contributed by atoms with E-state index < -0.39 is 11.7 Å². The van der Waals surface area contributed by atoms with E-state index in [1.807, 2.05) is 30.3 Å². The third kappa shape index (κ3) is 2.66. The van der Waals surface area contributed by atoms with Crippen LogP contribution in [0.25, 0.3) is 0 Å². The molecule has 0 N–H and O–H groups in total. The third-order valence-corrected chi connectivity index (χ3v) is 2.66. The monoisotopic (exact) mass is 243 g/mol. The molecule has 0 saturated heterocycles. The summed E-state index contributed by atoms with van der Waals surface area (Å²) in [7, 11) is 0. The molecule has 0 atom stereocenters. The van der Waals surface area contributed by atoms with Crippen LogP contribution in [0.5, 0.6) is 0 Å². The first-order valence-electron chi connectivity index (χ1n) is 5.61. The molecule has 0 aliphatic carbocycles. The van der Waals surface area contributed by atoms with Crippen molar-refractivity contribution in [2.45, 2.75) is 12.8 Å². The van der Waals surface area contributed by atoms with E-state index in [1.54, 1.807) is 0 Å². The van der Waals surface area contributed by atoms with Crippen LogP contribution in [0.15, 0.2) is 64.2 Å². The molecule has 92 valence electrons. The van der Waals surface area contributed by atoms with Gasteiger partial charge in [-0.15, -0.1) is 0 Å². The normalized spacial score (nSPS) is 10.2. The first-order valence-corrected chi connectivity index (χ1v) is 5.61. The zero-order valence-corrected chi connectivity index (χ0v) is 9.83. The van der Waals surface area contributed by atoms with Crippen molar-refractivity contribution in [2.24, 2.45) is 0 Å². The number of benzene rings is 1. The van der Waals surface area contributed by atoms with Gasteiger partial charge in [0.15, 0.2) is 0 Å². The zero-order valence-electron chi connectivity index (χ0n) is 9.83. The second-order valence-corrected chi connectivity index (χ2v) is 3.93. The van der Waals surface area contributed by atoms with Crippen LogP contribution in [0.2, 0.25) is 0 Å². The molecule has 4 nitrogen and oxygen atoms in total. The minimum absolute atomic E-state index is 0.391. The van der Waals surface area contributed by atoms with Gasteiger partial charge in [-0.2, -0.15) is 0 Å². The summed E-state index contributed by atoms with van der Waals surface area (Å²) in [5.74, 6) is -1.09. The van der Waals surface area contributed by atoms with Crippen LogP contribution >= 0.6 is 0 Å². The van der Waals surface area contributed by atoms with Gasteiger partial charge in [-0.05, 0) is 18.4 Å². The maximum atomic E-state index is 11.9. The molecule has 0 fully saturated rings. The molecule has 0 unspecified atom stereocenters. The fourth-order valence-electron chi connectivity index (χ4n) is 1.63. The Morgan fingerprint density at radius 1 is 1.28 bits per heavy atom. The lowest BCUT2D eigenvalue weighted by Gasteiger charge is -2.04. The van der Waals surface area contributed by atoms with Crippen molar-refractivity contribution in [3.63, 3.8) is 0 Å². The molecule has 0 aliphatic rings. The minimum atomic E-state index is -0.680. The zero-order chi connectivity index (χ0) is 13.0. The fourth-order valence-corrected chi connectivity index (χ4v) is 1.63. The Bertz CT molecular complexity index is 607. The van der Waals surface area contributed by atoms with Crippen LogP contribution in [0.3, 0.4) is 0 Å². The average Bonchev–Trinajstić information content (AvgIpc) is 2.82. The van der Waals surface area contributed by atoms with E-state index in [2.05, 4.69) is 11.0 Å². The highest BCUT2D eigenvalue weighted by atomic mass is 16.4. The Morgan fingerprint density at radius 2 is 2.00 bits per heavy atom. The van der Waals surface area contributed by atoms with E-state index >= 15 is 0 Å². The second kappa shape index (κ2) is 5.31. The summed E-state index contributed by atoms with van der Waals surface area (Å²) < 4.78 is 5.47. The van der Waals surface area contributed by atoms with Crippen LogP contribution in [0.4, 0.5) is 0 Å².